The van der Waals surface area contributed by atoms with Crippen LogP contribution in [0.15, 0.2) is 24.3 Å². The van der Waals surface area contributed by atoms with Gasteiger partial charge in [0.05, 0.1) is 13.7 Å². The van der Waals surface area contributed by atoms with Gasteiger partial charge in [0.2, 0.25) is 11.6 Å². The Bertz CT molecular complexity index is 710. The van der Waals surface area contributed by atoms with E-state index in [1.807, 2.05) is 24.3 Å². The van der Waals surface area contributed by atoms with Gasteiger partial charge < -0.3 is 10.1 Å². The van der Waals surface area contributed by atoms with Crippen molar-refractivity contribution in [2.24, 2.45) is 0 Å². The number of rotatable bonds is 5. The molecular weight excluding hydrogens is 328 g/mol. The molecule has 1 aliphatic carbocycles. The summed E-state index contributed by atoms with van der Waals surface area (Å²) in [6.45, 7) is 0.395. The zero-order valence-electron chi connectivity index (χ0n) is 13.7. The topological polar surface area (TPSA) is 69.0 Å². The summed E-state index contributed by atoms with van der Waals surface area (Å²) in [5.41, 5.74) is 1.11. The number of ether oxygens (including phenoxy) is 1. The molecule has 1 aromatic carbocycles. The monoisotopic (exact) mass is 348 g/mol. The van der Waals surface area contributed by atoms with E-state index >= 15 is 0 Å². The number of carbonyl (C=O) groups excluding carboxylic acids is 1. The predicted octanol–water partition coefficient (Wildman–Crippen LogP) is 3.05. The van der Waals surface area contributed by atoms with E-state index in [2.05, 4.69) is 15.6 Å². The minimum atomic E-state index is -0.232. The van der Waals surface area contributed by atoms with E-state index < -0.39 is 0 Å². The Labute approximate surface area is 146 Å². The summed E-state index contributed by atoms with van der Waals surface area (Å²) in [5.74, 6) is 0.118. The molecule has 1 saturated carbocycles. The van der Waals surface area contributed by atoms with E-state index in [9.17, 15) is 4.79 Å². The number of nitrogens with one attached hydrogen (secondary N) is 1. The predicted molar refractivity (Wildman–Crippen MR) is 91.5 cm³/mol. The SMILES string of the molecule is COc1c(C(=O)NC2CCCCC2)nnn1Cc1ccccc1Cl. The maximum Gasteiger partial charge on any atom is 0.277 e. The lowest BCUT2D eigenvalue weighted by atomic mass is 9.95. The van der Waals surface area contributed by atoms with Gasteiger partial charge >= 0.3 is 0 Å². The van der Waals surface area contributed by atoms with Crippen LogP contribution in [0.2, 0.25) is 5.02 Å². The van der Waals surface area contributed by atoms with E-state index in [1.54, 1.807) is 4.68 Å². The van der Waals surface area contributed by atoms with Gasteiger partial charge in [-0.05, 0) is 24.5 Å². The first-order valence-corrected chi connectivity index (χ1v) is 8.58. The second-order valence-corrected chi connectivity index (χ2v) is 6.41. The molecule has 0 bridgehead atoms. The third kappa shape index (κ3) is 3.70. The highest BCUT2D eigenvalue weighted by molar-refractivity contribution is 6.31. The molecule has 24 heavy (non-hydrogen) atoms. The average molecular weight is 349 g/mol. The van der Waals surface area contributed by atoms with Crippen molar-refractivity contribution in [3.63, 3.8) is 0 Å². The second kappa shape index (κ2) is 7.66. The first kappa shape index (κ1) is 16.8. The molecule has 1 heterocycles. The zero-order valence-corrected chi connectivity index (χ0v) is 14.4. The van der Waals surface area contributed by atoms with Crippen LogP contribution in [-0.2, 0) is 6.54 Å². The minimum Gasteiger partial charge on any atom is -0.479 e. The number of amides is 1. The quantitative estimate of drug-likeness (QED) is 0.901. The Hall–Kier alpha value is -2.08. The molecule has 1 fully saturated rings. The summed E-state index contributed by atoms with van der Waals surface area (Å²) < 4.78 is 6.93. The highest BCUT2D eigenvalue weighted by Crippen LogP contribution is 2.22. The van der Waals surface area contributed by atoms with E-state index in [0.717, 1.165) is 31.2 Å². The van der Waals surface area contributed by atoms with Gasteiger partial charge in [-0.2, -0.15) is 0 Å². The van der Waals surface area contributed by atoms with Crippen LogP contribution in [0.5, 0.6) is 5.88 Å². The van der Waals surface area contributed by atoms with Crippen molar-refractivity contribution >= 4 is 17.5 Å². The fourth-order valence-electron chi connectivity index (χ4n) is 3.04. The van der Waals surface area contributed by atoms with Gasteiger partial charge in [-0.1, -0.05) is 54.3 Å². The third-order valence-corrected chi connectivity index (χ3v) is 4.69. The largest absolute Gasteiger partial charge is 0.479 e. The number of benzene rings is 1. The van der Waals surface area contributed by atoms with Crippen molar-refractivity contribution in [1.82, 2.24) is 20.3 Å². The van der Waals surface area contributed by atoms with Crippen molar-refractivity contribution < 1.29 is 9.53 Å². The van der Waals surface area contributed by atoms with Crippen LogP contribution in [0.3, 0.4) is 0 Å². The summed E-state index contributed by atoms with van der Waals surface area (Å²) in [4.78, 5) is 12.5. The lowest BCUT2D eigenvalue weighted by molar-refractivity contribution is 0.0919. The van der Waals surface area contributed by atoms with Gasteiger partial charge in [-0.15, -0.1) is 5.10 Å². The van der Waals surface area contributed by atoms with Gasteiger partial charge in [0.15, 0.2) is 0 Å². The molecule has 128 valence electrons. The molecule has 1 amide bonds. The first-order chi connectivity index (χ1) is 11.7. The van der Waals surface area contributed by atoms with Crippen molar-refractivity contribution in [2.75, 3.05) is 7.11 Å². The summed E-state index contributed by atoms with van der Waals surface area (Å²) >= 11 is 6.19. The van der Waals surface area contributed by atoms with Crippen molar-refractivity contribution in [2.45, 2.75) is 44.7 Å². The molecule has 7 heteroatoms. The van der Waals surface area contributed by atoms with Crippen LogP contribution in [0.4, 0.5) is 0 Å². The minimum absolute atomic E-state index is 0.213. The number of carbonyl (C=O) groups is 1. The Morgan fingerprint density at radius 1 is 1.33 bits per heavy atom. The van der Waals surface area contributed by atoms with Crippen molar-refractivity contribution in [3.8, 4) is 5.88 Å². The highest BCUT2D eigenvalue weighted by Gasteiger charge is 2.24. The standard InChI is InChI=1S/C17H21ClN4O2/c1-24-17-15(16(23)19-13-8-3-2-4-9-13)20-21-22(17)11-12-7-5-6-10-14(12)18/h5-7,10,13H,2-4,8-9,11H2,1H3,(H,19,23). The van der Waals surface area contributed by atoms with Crippen molar-refractivity contribution in [3.05, 3.63) is 40.5 Å². The Morgan fingerprint density at radius 2 is 2.08 bits per heavy atom. The lowest BCUT2D eigenvalue weighted by Crippen LogP contribution is -2.36. The Balaban J connectivity index is 1.76. The molecule has 0 spiro atoms. The molecule has 1 aromatic heterocycles. The molecule has 0 saturated heterocycles. The van der Waals surface area contributed by atoms with E-state index in [-0.39, 0.29) is 17.6 Å². The molecule has 6 nitrogen and oxygen atoms in total. The summed E-state index contributed by atoms with van der Waals surface area (Å²) in [6.07, 6.45) is 5.58. The second-order valence-electron chi connectivity index (χ2n) is 6.00. The maximum absolute atomic E-state index is 12.5. The number of nitrogens with zero attached hydrogens (tertiary/aromatic N) is 3. The van der Waals surface area contributed by atoms with E-state index in [1.165, 1.54) is 13.5 Å². The molecule has 0 unspecified atom stereocenters. The fourth-order valence-corrected chi connectivity index (χ4v) is 3.24. The lowest BCUT2D eigenvalue weighted by Gasteiger charge is -2.22. The number of halogens is 1. The van der Waals surface area contributed by atoms with Gasteiger partial charge in [0.1, 0.15) is 0 Å². The molecule has 3 rings (SSSR count). The fraction of sp³-hybridized carbons (Fsp3) is 0.471. The first-order valence-electron chi connectivity index (χ1n) is 8.20. The molecule has 0 aliphatic heterocycles. The summed E-state index contributed by atoms with van der Waals surface area (Å²) in [5, 5.41) is 11.8. The number of hydrogen-bond donors (Lipinski definition) is 1. The molecule has 2 aromatic rings. The van der Waals surface area contributed by atoms with Crippen LogP contribution in [0.1, 0.15) is 48.2 Å². The van der Waals surface area contributed by atoms with Gasteiger partial charge in [0.25, 0.3) is 5.91 Å². The van der Waals surface area contributed by atoms with Gasteiger partial charge in [0, 0.05) is 11.1 Å². The molecule has 0 radical (unpaired) electrons. The number of hydrogen-bond acceptors (Lipinski definition) is 4. The van der Waals surface area contributed by atoms with E-state index in [4.69, 9.17) is 16.3 Å². The van der Waals surface area contributed by atoms with Crippen LogP contribution in [-0.4, -0.2) is 34.1 Å². The maximum atomic E-state index is 12.5. The number of methoxy groups -OCH3 is 1. The van der Waals surface area contributed by atoms with Crippen LogP contribution in [0.25, 0.3) is 0 Å². The summed E-state index contributed by atoms with van der Waals surface area (Å²) in [7, 11) is 1.51. The van der Waals surface area contributed by atoms with Crippen LogP contribution < -0.4 is 10.1 Å². The van der Waals surface area contributed by atoms with Gasteiger partial charge in [-0.25, -0.2) is 4.68 Å². The third-order valence-electron chi connectivity index (χ3n) is 4.32. The van der Waals surface area contributed by atoms with E-state index in [0.29, 0.717) is 17.4 Å². The zero-order chi connectivity index (χ0) is 16.9. The average Bonchev–Trinajstić information content (AvgIpc) is 3.00. The molecule has 1 N–H and O–H groups in total. The molecule has 0 atom stereocenters. The Morgan fingerprint density at radius 3 is 2.79 bits per heavy atom. The van der Waals surface area contributed by atoms with Gasteiger partial charge in [-0.3, -0.25) is 4.79 Å². The number of aromatic nitrogens is 3. The molecular formula is C17H21ClN4O2. The smallest absolute Gasteiger partial charge is 0.277 e. The normalized spacial score (nSPS) is 15.2. The Kier molecular flexibility index (Phi) is 5.35. The van der Waals surface area contributed by atoms with Crippen LogP contribution in [0, 0.1) is 0 Å². The van der Waals surface area contributed by atoms with Crippen LogP contribution >= 0.6 is 11.6 Å². The van der Waals surface area contributed by atoms with Crippen molar-refractivity contribution in [1.29, 1.82) is 0 Å². The summed E-state index contributed by atoms with van der Waals surface area (Å²) in [6, 6.07) is 7.71. The molecule has 1 aliphatic rings. The highest BCUT2D eigenvalue weighted by atomic mass is 35.5.